The molecule has 1 aliphatic rings. The maximum absolute atomic E-state index is 13.1. The molecule has 122 valence electrons. The van der Waals surface area contributed by atoms with Crippen LogP contribution in [0, 0.1) is 0 Å². The molecule has 3 aromatic rings. The van der Waals surface area contributed by atoms with Crippen molar-refractivity contribution in [3.63, 3.8) is 0 Å². The molecule has 0 saturated carbocycles. The van der Waals surface area contributed by atoms with Gasteiger partial charge in [-0.3, -0.25) is 0 Å². The van der Waals surface area contributed by atoms with Crippen LogP contribution in [0.1, 0.15) is 11.3 Å². The van der Waals surface area contributed by atoms with Crippen LogP contribution in [-0.2, 0) is 23.0 Å². The fraction of sp³-hybridized carbons (Fsp3) is 0.176. The Labute approximate surface area is 140 Å². The van der Waals surface area contributed by atoms with Gasteiger partial charge < -0.3 is 5.73 Å². The van der Waals surface area contributed by atoms with Gasteiger partial charge in [0.15, 0.2) is 0 Å². The summed E-state index contributed by atoms with van der Waals surface area (Å²) < 4.78 is 27.8. The van der Waals surface area contributed by atoms with Gasteiger partial charge in [-0.25, -0.2) is 18.4 Å². The third kappa shape index (κ3) is 2.42. The van der Waals surface area contributed by atoms with Crippen LogP contribution in [0.15, 0.2) is 53.6 Å². The largest absolute Gasteiger partial charge is 0.368 e. The number of hydrogen-bond acceptors (Lipinski definition) is 5. The number of anilines is 1. The Bertz CT molecular complexity index is 1030. The molecule has 0 bridgehead atoms. The summed E-state index contributed by atoms with van der Waals surface area (Å²) in [6.07, 6.45) is 2.26. The Kier molecular flexibility index (Phi) is 3.47. The number of sulfonamides is 1. The summed E-state index contributed by atoms with van der Waals surface area (Å²) in [6.45, 7) is 0.624. The zero-order valence-corrected chi connectivity index (χ0v) is 13.7. The second kappa shape index (κ2) is 5.54. The van der Waals surface area contributed by atoms with Crippen LogP contribution in [0.2, 0.25) is 0 Å². The maximum atomic E-state index is 13.1. The molecule has 24 heavy (non-hydrogen) atoms. The van der Waals surface area contributed by atoms with E-state index in [9.17, 15) is 8.42 Å². The van der Waals surface area contributed by atoms with Gasteiger partial charge in [-0.15, -0.1) is 0 Å². The third-order valence-corrected chi connectivity index (χ3v) is 6.20. The van der Waals surface area contributed by atoms with E-state index in [-0.39, 0.29) is 12.5 Å². The molecule has 2 aromatic carbocycles. The lowest BCUT2D eigenvalue weighted by atomic mass is 10.1. The Morgan fingerprint density at radius 3 is 2.75 bits per heavy atom. The summed E-state index contributed by atoms with van der Waals surface area (Å²) in [4.78, 5) is 8.50. The van der Waals surface area contributed by atoms with Crippen LogP contribution in [0.25, 0.3) is 10.8 Å². The fourth-order valence-electron chi connectivity index (χ4n) is 3.06. The van der Waals surface area contributed by atoms with E-state index in [0.29, 0.717) is 23.6 Å². The summed E-state index contributed by atoms with van der Waals surface area (Å²) in [5, 5.41) is 1.63. The number of nitrogen functional groups attached to an aromatic ring is 1. The molecule has 4 rings (SSSR count). The van der Waals surface area contributed by atoms with Crippen molar-refractivity contribution >= 4 is 26.7 Å². The van der Waals surface area contributed by atoms with Crippen molar-refractivity contribution in [2.75, 3.05) is 12.3 Å². The van der Waals surface area contributed by atoms with E-state index in [1.807, 2.05) is 30.3 Å². The number of rotatable bonds is 2. The smallest absolute Gasteiger partial charge is 0.244 e. The van der Waals surface area contributed by atoms with Crippen molar-refractivity contribution in [3.8, 4) is 0 Å². The highest BCUT2D eigenvalue weighted by molar-refractivity contribution is 7.89. The lowest BCUT2D eigenvalue weighted by Gasteiger charge is -2.27. The zero-order valence-electron chi connectivity index (χ0n) is 12.9. The minimum absolute atomic E-state index is 0.165. The molecule has 0 spiro atoms. The molecule has 0 unspecified atom stereocenters. The predicted octanol–water partition coefficient (Wildman–Crippen LogP) is 1.96. The first-order valence-electron chi connectivity index (χ1n) is 7.64. The molecular weight excluding hydrogens is 324 g/mol. The minimum atomic E-state index is -3.61. The SMILES string of the molecule is Nc1ncc2c(n1)CN(S(=O)(=O)c1cccc3ccccc13)CC2. The first-order valence-corrected chi connectivity index (χ1v) is 9.08. The average Bonchev–Trinajstić information content (AvgIpc) is 2.60. The number of hydrogen-bond donors (Lipinski definition) is 1. The molecule has 2 heterocycles. The summed E-state index contributed by atoms with van der Waals surface area (Å²) in [6, 6.07) is 12.8. The van der Waals surface area contributed by atoms with Crippen LogP contribution >= 0.6 is 0 Å². The molecule has 6 nitrogen and oxygen atoms in total. The number of aromatic nitrogens is 2. The molecule has 0 aliphatic carbocycles. The van der Waals surface area contributed by atoms with Crippen molar-refractivity contribution in [1.82, 2.24) is 14.3 Å². The number of fused-ring (bicyclic) bond motifs is 2. The van der Waals surface area contributed by atoms with Gasteiger partial charge in [0.1, 0.15) is 0 Å². The first-order chi connectivity index (χ1) is 11.6. The molecule has 0 amide bonds. The highest BCUT2D eigenvalue weighted by atomic mass is 32.2. The van der Waals surface area contributed by atoms with E-state index >= 15 is 0 Å². The molecule has 0 atom stereocenters. The summed E-state index contributed by atoms with van der Waals surface area (Å²) >= 11 is 0. The van der Waals surface area contributed by atoms with Gasteiger partial charge in [-0.1, -0.05) is 36.4 Å². The van der Waals surface area contributed by atoms with Crippen LogP contribution in [0.3, 0.4) is 0 Å². The maximum Gasteiger partial charge on any atom is 0.244 e. The highest BCUT2D eigenvalue weighted by Crippen LogP contribution is 2.28. The lowest BCUT2D eigenvalue weighted by Crippen LogP contribution is -2.36. The molecule has 7 heteroatoms. The number of benzene rings is 2. The highest BCUT2D eigenvalue weighted by Gasteiger charge is 2.30. The van der Waals surface area contributed by atoms with E-state index in [2.05, 4.69) is 9.97 Å². The standard InChI is InChI=1S/C17H16N4O2S/c18-17-19-10-13-8-9-21(11-15(13)20-17)24(22,23)16-7-3-5-12-4-1-2-6-14(12)16/h1-7,10H,8-9,11H2,(H2,18,19,20). The molecule has 0 fully saturated rings. The van der Waals surface area contributed by atoms with Crippen molar-refractivity contribution in [1.29, 1.82) is 0 Å². The van der Waals surface area contributed by atoms with Crippen LogP contribution in [0.4, 0.5) is 5.95 Å². The Morgan fingerprint density at radius 1 is 1.08 bits per heavy atom. The van der Waals surface area contributed by atoms with Gasteiger partial charge in [-0.05, 0) is 23.4 Å². The number of nitrogens with zero attached hydrogens (tertiary/aromatic N) is 3. The van der Waals surface area contributed by atoms with E-state index < -0.39 is 10.0 Å². The van der Waals surface area contributed by atoms with Gasteiger partial charge in [0.05, 0.1) is 17.1 Å². The molecule has 1 aromatic heterocycles. The van der Waals surface area contributed by atoms with E-state index in [0.717, 1.165) is 16.3 Å². The van der Waals surface area contributed by atoms with E-state index in [1.54, 1.807) is 18.3 Å². The van der Waals surface area contributed by atoms with Crippen molar-refractivity contribution in [3.05, 3.63) is 59.9 Å². The second-order valence-corrected chi connectivity index (χ2v) is 7.67. The summed E-state index contributed by atoms with van der Waals surface area (Å²) in [5.74, 6) is 0.165. The third-order valence-electron chi connectivity index (χ3n) is 4.30. The monoisotopic (exact) mass is 340 g/mol. The Balaban J connectivity index is 1.78. The molecule has 2 N–H and O–H groups in total. The Morgan fingerprint density at radius 2 is 1.88 bits per heavy atom. The van der Waals surface area contributed by atoms with Crippen LogP contribution < -0.4 is 5.73 Å². The topological polar surface area (TPSA) is 89.2 Å². The van der Waals surface area contributed by atoms with Gasteiger partial charge in [0.25, 0.3) is 0 Å². The quantitative estimate of drug-likeness (QED) is 0.770. The van der Waals surface area contributed by atoms with E-state index in [4.69, 9.17) is 5.73 Å². The van der Waals surface area contributed by atoms with Crippen molar-refractivity contribution < 1.29 is 8.42 Å². The van der Waals surface area contributed by atoms with Gasteiger partial charge in [-0.2, -0.15) is 4.31 Å². The van der Waals surface area contributed by atoms with E-state index in [1.165, 1.54) is 4.31 Å². The van der Waals surface area contributed by atoms with Gasteiger partial charge >= 0.3 is 0 Å². The normalized spacial score (nSPS) is 15.3. The summed E-state index contributed by atoms with van der Waals surface area (Å²) in [7, 11) is -3.61. The average molecular weight is 340 g/mol. The van der Waals surface area contributed by atoms with Gasteiger partial charge in [0.2, 0.25) is 16.0 Å². The molecule has 0 radical (unpaired) electrons. The molecular formula is C17H16N4O2S. The second-order valence-electron chi connectivity index (χ2n) is 5.77. The lowest BCUT2D eigenvalue weighted by molar-refractivity contribution is 0.385. The van der Waals surface area contributed by atoms with Crippen LogP contribution in [0.5, 0.6) is 0 Å². The van der Waals surface area contributed by atoms with Gasteiger partial charge in [0, 0.05) is 18.1 Å². The first kappa shape index (κ1) is 15.0. The molecule has 1 aliphatic heterocycles. The predicted molar refractivity (Wildman–Crippen MR) is 91.7 cm³/mol. The zero-order chi connectivity index (χ0) is 16.7. The minimum Gasteiger partial charge on any atom is -0.368 e. The Hall–Kier alpha value is -2.51. The van der Waals surface area contributed by atoms with Crippen molar-refractivity contribution in [2.45, 2.75) is 17.9 Å². The fourth-order valence-corrected chi connectivity index (χ4v) is 4.68. The number of nitrogens with two attached hydrogens (primary N) is 1. The summed E-state index contributed by atoms with van der Waals surface area (Å²) in [5.41, 5.74) is 7.26. The molecule has 0 saturated heterocycles. The van der Waals surface area contributed by atoms with Crippen molar-refractivity contribution in [2.24, 2.45) is 0 Å². The van der Waals surface area contributed by atoms with Crippen LogP contribution in [-0.4, -0.2) is 29.2 Å².